The van der Waals surface area contributed by atoms with E-state index in [1.807, 2.05) is 6.07 Å². The molecule has 0 bridgehead atoms. The van der Waals surface area contributed by atoms with Crippen molar-refractivity contribution in [2.24, 2.45) is 5.92 Å². The molecule has 4 heteroatoms. The number of hydrogen-bond acceptors (Lipinski definition) is 3. The number of carbonyl (C=O) groups excluding carboxylic acids is 1. The van der Waals surface area contributed by atoms with Gasteiger partial charge in [-0.3, -0.25) is 4.79 Å². The van der Waals surface area contributed by atoms with Gasteiger partial charge in [0.15, 0.2) is 0 Å². The first-order valence-electron chi connectivity index (χ1n) is 5.40. The zero-order valence-corrected chi connectivity index (χ0v) is 10.0. The maximum atomic E-state index is 11.4. The molecule has 4 N–H and O–H groups in total. The molecule has 0 heterocycles. The van der Waals surface area contributed by atoms with E-state index < -0.39 is 0 Å². The summed E-state index contributed by atoms with van der Waals surface area (Å²) in [6.45, 7) is 5.12. The molecule has 0 aromatic heterocycles. The predicted molar refractivity (Wildman–Crippen MR) is 67.6 cm³/mol. The second kappa shape index (κ2) is 5.39. The van der Waals surface area contributed by atoms with Gasteiger partial charge in [0, 0.05) is 19.2 Å². The second-order valence-corrected chi connectivity index (χ2v) is 4.16. The van der Waals surface area contributed by atoms with Crippen LogP contribution in [0.4, 0.5) is 11.4 Å². The van der Waals surface area contributed by atoms with E-state index in [1.165, 1.54) is 0 Å². The van der Waals surface area contributed by atoms with E-state index in [2.05, 4.69) is 24.5 Å². The largest absolute Gasteiger partial charge is 0.397 e. The first-order valence-corrected chi connectivity index (χ1v) is 5.40. The smallest absolute Gasteiger partial charge is 0.251 e. The molecule has 1 amide bonds. The van der Waals surface area contributed by atoms with Gasteiger partial charge in [-0.05, 0) is 24.1 Å². The van der Waals surface area contributed by atoms with E-state index in [0.29, 0.717) is 17.2 Å². The molecule has 0 saturated carbocycles. The standard InChI is InChI=1S/C12H19N3O/c1-8(2)7-15-11-5-4-9(6-10(11)13)12(16)14-3/h4-6,8,15H,7,13H2,1-3H3,(H,14,16). The van der Waals surface area contributed by atoms with E-state index in [4.69, 9.17) is 5.73 Å². The van der Waals surface area contributed by atoms with E-state index in [9.17, 15) is 4.79 Å². The van der Waals surface area contributed by atoms with Gasteiger partial charge < -0.3 is 16.4 Å². The number of nitrogens with one attached hydrogen (secondary N) is 2. The van der Waals surface area contributed by atoms with Gasteiger partial charge in [-0.15, -0.1) is 0 Å². The lowest BCUT2D eigenvalue weighted by atomic mass is 10.1. The number of rotatable bonds is 4. The first kappa shape index (κ1) is 12.4. The van der Waals surface area contributed by atoms with Crippen LogP contribution in [0, 0.1) is 5.92 Å². The molecular weight excluding hydrogens is 202 g/mol. The Morgan fingerprint density at radius 2 is 2.12 bits per heavy atom. The molecule has 88 valence electrons. The Hall–Kier alpha value is -1.71. The Balaban J connectivity index is 2.79. The molecule has 0 spiro atoms. The minimum absolute atomic E-state index is 0.123. The fourth-order valence-corrected chi connectivity index (χ4v) is 1.32. The lowest BCUT2D eigenvalue weighted by Gasteiger charge is -2.12. The van der Waals surface area contributed by atoms with Crippen molar-refractivity contribution in [2.45, 2.75) is 13.8 Å². The summed E-state index contributed by atoms with van der Waals surface area (Å²) in [7, 11) is 1.60. The van der Waals surface area contributed by atoms with Gasteiger partial charge in [-0.1, -0.05) is 13.8 Å². The number of amides is 1. The van der Waals surface area contributed by atoms with Gasteiger partial charge in [0.05, 0.1) is 11.4 Å². The third-order valence-electron chi connectivity index (χ3n) is 2.24. The number of benzene rings is 1. The Morgan fingerprint density at radius 3 is 2.62 bits per heavy atom. The molecule has 16 heavy (non-hydrogen) atoms. The molecular formula is C12H19N3O. The SMILES string of the molecule is CNC(=O)c1ccc(NCC(C)C)c(N)c1. The summed E-state index contributed by atoms with van der Waals surface area (Å²) in [5, 5.41) is 5.80. The molecule has 0 aliphatic rings. The van der Waals surface area contributed by atoms with E-state index in [1.54, 1.807) is 19.2 Å². The summed E-state index contributed by atoms with van der Waals surface area (Å²) >= 11 is 0. The molecule has 0 atom stereocenters. The third-order valence-corrected chi connectivity index (χ3v) is 2.24. The average Bonchev–Trinajstić information content (AvgIpc) is 2.26. The molecule has 1 aromatic rings. The summed E-state index contributed by atoms with van der Waals surface area (Å²) in [5.74, 6) is 0.431. The normalized spacial score (nSPS) is 10.2. The maximum Gasteiger partial charge on any atom is 0.251 e. The van der Waals surface area contributed by atoms with Crippen molar-refractivity contribution in [1.29, 1.82) is 0 Å². The van der Waals surface area contributed by atoms with Crippen molar-refractivity contribution in [3.8, 4) is 0 Å². The summed E-state index contributed by atoms with van der Waals surface area (Å²) < 4.78 is 0. The Morgan fingerprint density at radius 1 is 1.44 bits per heavy atom. The Kier molecular flexibility index (Phi) is 4.17. The average molecular weight is 221 g/mol. The van der Waals surface area contributed by atoms with Crippen LogP contribution in [-0.2, 0) is 0 Å². The number of nitrogen functional groups attached to an aromatic ring is 1. The van der Waals surface area contributed by atoms with Crippen LogP contribution < -0.4 is 16.4 Å². The summed E-state index contributed by atoms with van der Waals surface area (Å²) in [4.78, 5) is 11.4. The molecule has 1 aromatic carbocycles. The highest BCUT2D eigenvalue weighted by atomic mass is 16.1. The first-order chi connectivity index (χ1) is 7.54. The zero-order chi connectivity index (χ0) is 12.1. The number of nitrogens with two attached hydrogens (primary N) is 1. The van der Waals surface area contributed by atoms with Crippen molar-refractivity contribution in [3.05, 3.63) is 23.8 Å². The minimum atomic E-state index is -0.123. The lowest BCUT2D eigenvalue weighted by molar-refractivity contribution is 0.0963. The topological polar surface area (TPSA) is 67.2 Å². The van der Waals surface area contributed by atoms with Crippen LogP contribution in [0.2, 0.25) is 0 Å². The van der Waals surface area contributed by atoms with Gasteiger partial charge >= 0.3 is 0 Å². The monoisotopic (exact) mass is 221 g/mol. The number of anilines is 2. The second-order valence-electron chi connectivity index (χ2n) is 4.16. The van der Waals surface area contributed by atoms with E-state index in [-0.39, 0.29) is 5.91 Å². The summed E-state index contributed by atoms with van der Waals surface area (Å²) in [5.41, 5.74) is 7.91. The van der Waals surface area contributed by atoms with Crippen LogP contribution in [0.3, 0.4) is 0 Å². The molecule has 0 aliphatic heterocycles. The Bertz CT molecular complexity index is 375. The summed E-state index contributed by atoms with van der Waals surface area (Å²) in [6.07, 6.45) is 0. The van der Waals surface area contributed by atoms with Crippen molar-refractivity contribution in [1.82, 2.24) is 5.32 Å². The fourth-order valence-electron chi connectivity index (χ4n) is 1.32. The van der Waals surface area contributed by atoms with Gasteiger partial charge in [-0.2, -0.15) is 0 Å². The quantitative estimate of drug-likeness (QED) is 0.678. The van der Waals surface area contributed by atoms with Crippen LogP contribution in [0.25, 0.3) is 0 Å². The lowest BCUT2D eigenvalue weighted by Crippen LogP contribution is -2.18. The highest BCUT2D eigenvalue weighted by Gasteiger charge is 2.06. The van der Waals surface area contributed by atoms with Crippen LogP contribution in [0.1, 0.15) is 24.2 Å². The van der Waals surface area contributed by atoms with Crippen LogP contribution in [-0.4, -0.2) is 19.5 Å². The van der Waals surface area contributed by atoms with Crippen LogP contribution in [0.5, 0.6) is 0 Å². The molecule has 1 rings (SSSR count). The highest BCUT2D eigenvalue weighted by molar-refractivity contribution is 5.95. The number of carbonyl (C=O) groups is 1. The highest BCUT2D eigenvalue weighted by Crippen LogP contribution is 2.20. The van der Waals surface area contributed by atoms with Crippen molar-refractivity contribution in [3.63, 3.8) is 0 Å². The molecule has 0 fully saturated rings. The van der Waals surface area contributed by atoms with Crippen molar-refractivity contribution in [2.75, 3.05) is 24.6 Å². The van der Waals surface area contributed by atoms with Gasteiger partial charge in [-0.25, -0.2) is 0 Å². The fraction of sp³-hybridized carbons (Fsp3) is 0.417. The predicted octanol–water partition coefficient (Wildman–Crippen LogP) is 1.70. The minimum Gasteiger partial charge on any atom is -0.397 e. The van der Waals surface area contributed by atoms with Crippen molar-refractivity contribution < 1.29 is 4.79 Å². The van der Waals surface area contributed by atoms with Gasteiger partial charge in [0.2, 0.25) is 0 Å². The zero-order valence-electron chi connectivity index (χ0n) is 10.0. The molecule has 0 saturated heterocycles. The molecule has 4 nitrogen and oxygen atoms in total. The molecule has 0 radical (unpaired) electrons. The van der Waals surface area contributed by atoms with E-state index >= 15 is 0 Å². The number of hydrogen-bond donors (Lipinski definition) is 3. The van der Waals surface area contributed by atoms with Crippen molar-refractivity contribution >= 4 is 17.3 Å². The molecule has 0 aliphatic carbocycles. The van der Waals surface area contributed by atoms with Crippen LogP contribution >= 0.6 is 0 Å². The van der Waals surface area contributed by atoms with Gasteiger partial charge in [0.25, 0.3) is 5.91 Å². The maximum absolute atomic E-state index is 11.4. The molecule has 0 unspecified atom stereocenters. The van der Waals surface area contributed by atoms with E-state index in [0.717, 1.165) is 12.2 Å². The Labute approximate surface area is 96.2 Å². The summed E-state index contributed by atoms with van der Waals surface area (Å²) in [6, 6.07) is 5.28. The van der Waals surface area contributed by atoms with Crippen LogP contribution in [0.15, 0.2) is 18.2 Å². The van der Waals surface area contributed by atoms with Gasteiger partial charge in [0.1, 0.15) is 0 Å². The third kappa shape index (κ3) is 3.15.